The van der Waals surface area contributed by atoms with E-state index in [9.17, 15) is 14.7 Å². The predicted molar refractivity (Wildman–Crippen MR) is 104 cm³/mol. The zero-order valence-electron chi connectivity index (χ0n) is 14.3. The summed E-state index contributed by atoms with van der Waals surface area (Å²) in [5, 5.41) is 13.0. The van der Waals surface area contributed by atoms with Crippen molar-refractivity contribution in [1.82, 2.24) is 15.2 Å². The lowest BCUT2D eigenvalue weighted by Gasteiger charge is -2.29. The normalized spacial score (nSPS) is 15.7. The summed E-state index contributed by atoms with van der Waals surface area (Å²) in [6.45, 7) is -0.410. The molecule has 1 aromatic heterocycles. The second-order valence-electron chi connectivity index (χ2n) is 6.19. The van der Waals surface area contributed by atoms with Crippen molar-refractivity contribution in [3.05, 3.63) is 83.7 Å². The molecule has 3 aromatic rings. The number of rotatable bonds is 4. The van der Waals surface area contributed by atoms with E-state index in [2.05, 4.69) is 10.3 Å². The van der Waals surface area contributed by atoms with Crippen LogP contribution in [-0.2, 0) is 4.79 Å². The van der Waals surface area contributed by atoms with Crippen molar-refractivity contribution in [3.8, 4) is 0 Å². The smallest absolute Gasteiger partial charge is 0.326 e. The number of urea groups is 1. The summed E-state index contributed by atoms with van der Waals surface area (Å²) < 4.78 is 0. The van der Waals surface area contributed by atoms with Crippen LogP contribution in [0.4, 0.5) is 4.79 Å². The Morgan fingerprint density at radius 1 is 1.07 bits per heavy atom. The van der Waals surface area contributed by atoms with Gasteiger partial charge in [-0.3, -0.25) is 9.69 Å². The summed E-state index contributed by atoms with van der Waals surface area (Å²) in [6.07, 6.45) is 5.54. The van der Waals surface area contributed by atoms with Crippen LogP contribution in [0.3, 0.4) is 0 Å². The molecular formula is C21H17N3O3. The van der Waals surface area contributed by atoms with Gasteiger partial charge in [0.25, 0.3) is 0 Å². The molecular weight excluding hydrogens is 342 g/mol. The van der Waals surface area contributed by atoms with Crippen LogP contribution in [0.15, 0.2) is 72.6 Å². The fraction of sp³-hybridized carbons (Fsp3) is 0.0476. The molecule has 0 fully saturated rings. The summed E-state index contributed by atoms with van der Waals surface area (Å²) in [4.78, 5) is 28.2. The number of benzene rings is 2. The molecule has 0 atom stereocenters. The highest BCUT2D eigenvalue weighted by Gasteiger charge is 2.26. The average molecular weight is 359 g/mol. The van der Waals surface area contributed by atoms with Gasteiger partial charge < -0.3 is 15.4 Å². The number of carboxylic acid groups (broad SMARTS) is 1. The van der Waals surface area contributed by atoms with Crippen LogP contribution >= 0.6 is 0 Å². The number of aromatic amines is 1. The number of aliphatic carboxylic acids is 1. The summed E-state index contributed by atoms with van der Waals surface area (Å²) in [5.74, 6) is -1.07. The summed E-state index contributed by atoms with van der Waals surface area (Å²) in [7, 11) is 0. The lowest BCUT2D eigenvalue weighted by molar-refractivity contribution is -0.137. The van der Waals surface area contributed by atoms with Crippen LogP contribution in [0.5, 0.6) is 0 Å². The van der Waals surface area contributed by atoms with E-state index in [1.165, 1.54) is 4.90 Å². The minimum Gasteiger partial charge on any atom is -0.480 e. The number of allylic oxidation sites excluding steroid dienone is 1. The number of amides is 2. The molecule has 6 nitrogen and oxygen atoms in total. The number of nitrogens with zero attached hydrogens (tertiary/aromatic N) is 1. The van der Waals surface area contributed by atoms with Gasteiger partial charge in [0, 0.05) is 28.4 Å². The third-order valence-corrected chi connectivity index (χ3v) is 4.37. The lowest BCUT2D eigenvalue weighted by Crippen LogP contribution is -2.44. The molecule has 0 saturated carbocycles. The average Bonchev–Trinajstić information content (AvgIpc) is 3.07. The van der Waals surface area contributed by atoms with Crippen molar-refractivity contribution < 1.29 is 14.7 Å². The van der Waals surface area contributed by atoms with Gasteiger partial charge in [-0.25, -0.2) is 4.79 Å². The molecule has 2 heterocycles. The first kappa shape index (κ1) is 16.7. The number of fused-ring (bicyclic) bond motifs is 1. The van der Waals surface area contributed by atoms with Gasteiger partial charge in [0.05, 0.1) is 5.70 Å². The third kappa shape index (κ3) is 3.32. The second-order valence-corrected chi connectivity index (χ2v) is 6.19. The van der Waals surface area contributed by atoms with Crippen molar-refractivity contribution in [3.63, 3.8) is 0 Å². The second kappa shape index (κ2) is 6.84. The minimum atomic E-state index is -1.07. The van der Waals surface area contributed by atoms with Crippen LogP contribution < -0.4 is 5.32 Å². The minimum absolute atomic E-state index is 0.410. The number of aromatic nitrogens is 1. The Labute approximate surface area is 155 Å². The Morgan fingerprint density at radius 3 is 2.59 bits per heavy atom. The molecule has 0 spiro atoms. The maximum absolute atomic E-state index is 12.6. The van der Waals surface area contributed by atoms with E-state index >= 15 is 0 Å². The SMILES string of the molecule is O=C(O)CN1C(=O)N/C(=C/c2c[nH]c3ccccc23)C=C1c1ccccc1. The Hall–Kier alpha value is -3.80. The highest BCUT2D eigenvalue weighted by atomic mass is 16.4. The Morgan fingerprint density at radius 2 is 1.81 bits per heavy atom. The standard InChI is InChI=1S/C21H17N3O3/c25-20(26)13-24-19(14-6-2-1-3-7-14)11-16(23-21(24)27)10-15-12-22-18-9-5-4-8-17(15)18/h1-12,22H,13H2,(H,23,27)(H,25,26)/b16-10+. The van der Waals surface area contributed by atoms with E-state index in [0.717, 1.165) is 22.0 Å². The van der Waals surface area contributed by atoms with E-state index in [0.29, 0.717) is 11.4 Å². The van der Waals surface area contributed by atoms with E-state index in [4.69, 9.17) is 0 Å². The fourth-order valence-electron chi connectivity index (χ4n) is 3.16. The number of hydrogen-bond acceptors (Lipinski definition) is 2. The summed E-state index contributed by atoms with van der Waals surface area (Å²) >= 11 is 0. The third-order valence-electron chi connectivity index (χ3n) is 4.37. The zero-order valence-corrected chi connectivity index (χ0v) is 14.3. The first-order chi connectivity index (χ1) is 13.1. The Kier molecular flexibility index (Phi) is 4.22. The Bertz CT molecular complexity index is 1080. The van der Waals surface area contributed by atoms with Crippen molar-refractivity contribution in [1.29, 1.82) is 0 Å². The molecule has 0 saturated heterocycles. The number of para-hydroxylation sites is 1. The molecule has 0 aliphatic carbocycles. The monoisotopic (exact) mass is 359 g/mol. The zero-order chi connectivity index (χ0) is 18.8. The highest BCUT2D eigenvalue weighted by Crippen LogP contribution is 2.27. The molecule has 27 heavy (non-hydrogen) atoms. The molecule has 134 valence electrons. The first-order valence-electron chi connectivity index (χ1n) is 8.47. The van der Waals surface area contributed by atoms with E-state index in [-0.39, 0.29) is 0 Å². The molecule has 2 amide bonds. The van der Waals surface area contributed by atoms with Gasteiger partial charge in [-0.1, -0.05) is 48.5 Å². The molecule has 3 N–H and O–H groups in total. The van der Waals surface area contributed by atoms with Crippen molar-refractivity contribution in [2.24, 2.45) is 0 Å². The molecule has 1 aliphatic heterocycles. The fourth-order valence-corrected chi connectivity index (χ4v) is 3.16. The number of carboxylic acids is 1. The topological polar surface area (TPSA) is 85.4 Å². The number of nitrogens with one attached hydrogen (secondary N) is 2. The van der Waals surface area contributed by atoms with Gasteiger partial charge in [-0.2, -0.15) is 0 Å². The van der Waals surface area contributed by atoms with E-state index in [1.54, 1.807) is 6.08 Å². The van der Waals surface area contributed by atoms with Gasteiger partial charge in [0.15, 0.2) is 0 Å². The van der Waals surface area contributed by atoms with Crippen LogP contribution in [-0.4, -0.2) is 33.5 Å². The van der Waals surface area contributed by atoms with Crippen molar-refractivity contribution in [2.75, 3.05) is 6.54 Å². The molecule has 6 heteroatoms. The van der Waals surface area contributed by atoms with Gasteiger partial charge in [0.2, 0.25) is 0 Å². The number of hydrogen-bond donors (Lipinski definition) is 3. The molecule has 4 rings (SSSR count). The number of H-pyrrole nitrogens is 1. The Balaban J connectivity index is 1.80. The summed E-state index contributed by atoms with van der Waals surface area (Å²) in [6, 6.07) is 16.7. The highest BCUT2D eigenvalue weighted by molar-refractivity contribution is 5.96. The lowest BCUT2D eigenvalue weighted by atomic mass is 10.1. The quantitative estimate of drug-likeness (QED) is 0.664. The molecule has 0 unspecified atom stereocenters. The van der Waals surface area contributed by atoms with E-state index < -0.39 is 18.5 Å². The maximum Gasteiger partial charge on any atom is 0.326 e. The predicted octanol–water partition coefficient (Wildman–Crippen LogP) is 3.66. The van der Waals surface area contributed by atoms with E-state index in [1.807, 2.05) is 66.9 Å². The first-order valence-corrected chi connectivity index (χ1v) is 8.47. The van der Waals surface area contributed by atoms with Crippen molar-refractivity contribution in [2.45, 2.75) is 0 Å². The number of carbonyl (C=O) groups excluding carboxylic acids is 1. The van der Waals surface area contributed by atoms with Gasteiger partial charge >= 0.3 is 12.0 Å². The van der Waals surface area contributed by atoms with Crippen molar-refractivity contribution >= 4 is 34.7 Å². The van der Waals surface area contributed by atoms with Crippen LogP contribution in [0.25, 0.3) is 22.7 Å². The van der Waals surface area contributed by atoms with Crippen LogP contribution in [0, 0.1) is 0 Å². The molecule has 1 aliphatic rings. The van der Waals surface area contributed by atoms with Gasteiger partial charge in [-0.15, -0.1) is 0 Å². The molecule has 2 aromatic carbocycles. The van der Waals surface area contributed by atoms with Crippen LogP contribution in [0.1, 0.15) is 11.1 Å². The molecule has 0 radical (unpaired) electrons. The summed E-state index contributed by atoms with van der Waals surface area (Å²) in [5.41, 5.74) is 3.87. The molecule has 0 bridgehead atoms. The maximum atomic E-state index is 12.6. The number of carbonyl (C=O) groups is 2. The van der Waals surface area contributed by atoms with Crippen LogP contribution in [0.2, 0.25) is 0 Å². The van der Waals surface area contributed by atoms with Gasteiger partial charge in [-0.05, 0) is 23.8 Å². The van der Waals surface area contributed by atoms with Gasteiger partial charge in [0.1, 0.15) is 6.54 Å². The largest absolute Gasteiger partial charge is 0.480 e.